The lowest BCUT2D eigenvalue weighted by molar-refractivity contribution is -0.120. The van der Waals surface area contributed by atoms with Crippen molar-refractivity contribution < 1.29 is 27.4 Å². The molecule has 1 fully saturated rings. The third kappa shape index (κ3) is 3.95. The van der Waals surface area contributed by atoms with Gasteiger partial charge in [-0.1, -0.05) is 6.07 Å². The summed E-state index contributed by atoms with van der Waals surface area (Å²) in [6.45, 7) is 2.48. The van der Waals surface area contributed by atoms with E-state index < -0.39 is 15.9 Å². The number of methoxy groups -OCH3 is 1. The third-order valence-electron chi connectivity index (χ3n) is 5.33. The van der Waals surface area contributed by atoms with Crippen molar-refractivity contribution in [1.82, 2.24) is 4.31 Å². The van der Waals surface area contributed by atoms with E-state index in [1.165, 1.54) is 11.4 Å². The van der Waals surface area contributed by atoms with E-state index in [9.17, 15) is 13.2 Å². The molecule has 1 saturated heterocycles. The highest BCUT2D eigenvalue weighted by Crippen LogP contribution is 2.35. The number of hydrogen-bond acceptors (Lipinski definition) is 6. The van der Waals surface area contributed by atoms with Gasteiger partial charge in [0, 0.05) is 24.8 Å². The molecule has 0 bridgehead atoms. The Labute approximate surface area is 175 Å². The van der Waals surface area contributed by atoms with Crippen LogP contribution in [-0.2, 0) is 14.8 Å². The van der Waals surface area contributed by atoms with Gasteiger partial charge in [0.05, 0.1) is 13.0 Å². The first-order chi connectivity index (χ1) is 14.4. The number of aryl methyl sites for hydroxylation is 1. The molecule has 1 N–H and O–H groups in total. The summed E-state index contributed by atoms with van der Waals surface area (Å²) in [6, 6.07) is 10.2. The van der Waals surface area contributed by atoms with E-state index in [-0.39, 0.29) is 24.1 Å². The molecule has 8 nitrogen and oxygen atoms in total. The van der Waals surface area contributed by atoms with Crippen LogP contribution in [0.3, 0.4) is 0 Å². The normalized spacial score (nSPS) is 18.8. The van der Waals surface area contributed by atoms with Crippen molar-refractivity contribution in [2.45, 2.75) is 24.7 Å². The molecule has 160 valence electrons. The summed E-state index contributed by atoms with van der Waals surface area (Å²) in [5.74, 6) is 0.842. The average Bonchev–Trinajstić information content (AvgIpc) is 3.21. The molecule has 0 saturated carbocycles. The second-order valence-electron chi connectivity index (χ2n) is 7.41. The van der Waals surface area contributed by atoms with Crippen LogP contribution < -0.4 is 19.5 Å². The fourth-order valence-electron chi connectivity index (χ4n) is 3.72. The highest BCUT2D eigenvalue weighted by molar-refractivity contribution is 7.89. The van der Waals surface area contributed by atoms with Crippen LogP contribution in [0.5, 0.6) is 17.2 Å². The second-order valence-corrected chi connectivity index (χ2v) is 9.32. The summed E-state index contributed by atoms with van der Waals surface area (Å²) < 4.78 is 43.8. The van der Waals surface area contributed by atoms with Gasteiger partial charge in [0.1, 0.15) is 10.6 Å². The number of nitrogens with zero attached hydrogens (tertiary/aromatic N) is 1. The van der Waals surface area contributed by atoms with Gasteiger partial charge in [-0.05, 0) is 49.6 Å². The lowest BCUT2D eigenvalue weighted by atomic mass is 9.98. The number of piperidine rings is 1. The molecule has 1 atom stereocenters. The molecular weight excluding hydrogens is 408 g/mol. The fraction of sp³-hybridized carbons (Fsp3) is 0.381. The zero-order valence-electron chi connectivity index (χ0n) is 16.9. The van der Waals surface area contributed by atoms with Crippen LogP contribution in [-0.4, -0.2) is 45.6 Å². The van der Waals surface area contributed by atoms with E-state index in [0.717, 1.165) is 5.56 Å². The monoisotopic (exact) mass is 432 g/mol. The van der Waals surface area contributed by atoms with Gasteiger partial charge in [0.15, 0.2) is 11.5 Å². The van der Waals surface area contributed by atoms with Gasteiger partial charge in [-0.25, -0.2) is 8.42 Å². The van der Waals surface area contributed by atoms with Crippen LogP contribution in [0.1, 0.15) is 18.4 Å². The van der Waals surface area contributed by atoms with Crippen LogP contribution >= 0.6 is 0 Å². The number of rotatable bonds is 5. The highest BCUT2D eigenvalue weighted by Gasteiger charge is 2.35. The molecular formula is C21H24N2O6S. The van der Waals surface area contributed by atoms with E-state index in [4.69, 9.17) is 14.2 Å². The minimum atomic E-state index is -3.78. The number of benzene rings is 2. The number of hydrogen-bond donors (Lipinski definition) is 1. The number of anilines is 1. The predicted octanol–water partition coefficient (Wildman–Crippen LogP) is 2.77. The van der Waals surface area contributed by atoms with E-state index in [1.54, 1.807) is 36.4 Å². The Hall–Kier alpha value is -2.78. The minimum absolute atomic E-state index is 0.121. The van der Waals surface area contributed by atoms with Gasteiger partial charge in [-0.3, -0.25) is 4.79 Å². The smallest absolute Gasteiger partial charge is 0.246 e. The highest BCUT2D eigenvalue weighted by atomic mass is 32.2. The number of sulfonamides is 1. The fourth-order valence-corrected chi connectivity index (χ4v) is 5.48. The molecule has 0 radical (unpaired) electrons. The van der Waals surface area contributed by atoms with Crippen molar-refractivity contribution >= 4 is 21.6 Å². The minimum Gasteiger partial charge on any atom is -0.495 e. The zero-order valence-corrected chi connectivity index (χ0v) is 17.7. The number of nitrogens with one attached hydrogen (secondary N) is 1. The first kappa shape index (κ1) is 20.5. The predicted molar refractivity (Wildman–Crippen MR) is 110 cm³/mol. The molecule has 0 aromatic heterocycles. The molecule has 30 heavy (non-hydrogen) atoms. The molecule has 2 aromatic carbocycles. The Balaban J connectivity index is 1.50. The molecule has 0 spiro atoms. The number of carbonyl (C=O) groups is 1. The number of amides is 1. The molecule has 0 aliphatic carbocycles. The van der Waals surface area contributed by atoms with Crippen molar-refractivity contribution in [2.75, 3.05) is 32.3 Å². The lowest BCUT2D eigenvalue weighted by Gasteiger charge is -2.31. The quantitative estimate of drug-likeness (QED) is 0.781. The zero-order chi connectivity index (χ0) is 21.3. The largest absolute Gasteiger partial charge is 0.495 e. The van der Waals surface area contributed by atoms with E-state index >= 15 is 0 Å². The van der Waals surface area contributed by atoms with E-state index in [2.05, 4.69) is 5.32 Å². The third-order valence-corrected chi connectivity index (χ3v) is 7.22. The topological polar surface area (TPSA) is 94.2 Å². The Morgan fingerprint density at radius 2 is 1.97 bits per heavy atom. The first-order valence-electron chi connectivity index (χ1n) is 9.74. The van der Waals surface area contributed by atoms with Crippen LogP contribution in [0.15, 0.2) is 41.3 Å². The molecule has 4 rings (SSSR count). The molecule has 1 amide bonds. The number of ether oxygens (including phenoxy) is 3. The second kappa shape index (κ2) is 8.16. The van der Waals surface area contributed by atoms with Crippen molar-refractivity contribution in [2.24, 2.45) is 5.92 Å². The molecule has 9 heteroatoms. The van der Waals surface area contributed by atoms with E-state index in [0.29, 0.717) is 42.3 Å². The maximum absolute atomic E-state index is 13.3. The Bertz CT molecular complexity index is 1070. The summed E-state index contributed by atoms with van der Waals surface area (Å²) in [7, 11) is -2.34. The van der Waals surface area contributed by atoms with Crippen LogP contribution in [0, 0.1) is 12.8 Å². The van der Waals surface area contributed by atoms with Gasteiger partial charge in [0.25, 0.3) is 0 Å². The Morgan fingerprint density at radius 1 is 1.17 bits per heavy atom. The SMILES string of the molecule is COc1ccc(C)cc1S(=O)(=O)N1CCC[C@H](C(=O)Nc2ccc3c(c2)OCO3)C1. The van der Waals surface area contributed by atoms with Crippen molar-refractivity contribution in [1.29, 1.82) is 0 Å². The average molecular weight is 432 g/mol. The Kier molecular flexibility index (Phi) is 5.57. The summed E-state index contributed by atoms with van der Waals surface area (Å²) in [4.78, 5) is 13.0. The lowest BCUT2D eigenvalue weighted by Crippen LogP contribution is -2.43. The van der Waals surface area contributed by atoms with Crippen LogP contribution in [0.4, 0.5) is 5.69 Å². The van der Waals surface area contributed by atoms with Gasteiger partial charge in [0.2, 0.25) is 22.7 Å². The van der Waals surface area contributed by atoms with Crippen molar-refractivity contribution in [3.63, 3.8) is 0 Å². The maximum atomic E-state index is 13.3. The number of fused-ring (bicyclic) bond motifs is 1. The van der Waals surface area contributed by atoms with Gasteiger partial charge in [-0.15, -0.1) is 0 Å². The summed E-state index contributed by atoms with van der Waals surface area (Å²) in [6.07, 6.45) is 1.22. The molecule has 2 heterocycles. The van der Waals surface area contributed by atoms with Gasteiger partial charge < -0.3 is 19.5 Å². The summed E-state index contributed by atoms with van der Waals surface area (Å²) in [5, 5.41) is 2.86. The summed E-state index contributed by atoms with van der Waals surface area (Å²) in [5.41, 5.74) is 1.41. The Morgan fingerprint density at radius 3 is 2.77 bits per heavy atom. The van der Waals surface area contributed by atoms with Gasteiger partial charge in [-0.2, -0.15) is 4.31 Å². The molecule has 0 unspecified atom stereocenters. The number of carbonyl (C=O) groups excluding carboxylic acids is 1. The molecule has 2 aromatic rings. The van der Waals surface area contributed by atoms with Crippen LogP contribution in [0.2, 0.25) is 0 Å². The first-order valence-corrected chi connectivity index (χ1v) is 11.2. The molecule has 2 aliphatic heterocycles. The maximum Gasteiger partial charge on any atom is 0.246 e. The molecule has 2 aliphatic rings. The summed E-state index contributed by atoms with van der Waals surface area (Å²) >= 11 is 0. The van der Waals surface area contributed by atoms with E-state index in [1.807, 2.05) is 6.92 Å². The standard InChI is InChI=1S/C21H24N2O6S/c1-14-5-7-18(27-2)20(10-14)30(25,26)23-9-3-4-15(12-23)21(24)22-16-6-8-17-19(11-16)29-13-28-17/h5-8,10-11,15H,3-4,9,12-13H2,1-2H3,(H,22,24)/t15-/m0/s1. The van der Waals surface area contributed by atoms with Crippen molar-refractivity contribution in [3.05, 3.63) is 42.0 Å². The van der Waals surface area contributed by atoms with Crippen molar-refractivity contribution in [3.8, 4) is 17.2 Å². The van der Waals surface area contributed by atoms with Crippen LogP contribution in [0.25, 0.3) is 0 Å². The van der Waals surface area contributed by atoms with Gasteiger partial charge >= 0.3 is 0 Å².